The van der Waals surface area contributed by atoms with Gasteiger partial charge in [-0.1, -0.05) is 5.16 Å². The molecule has 0 radical (unpaired) electrons. The summed E-state index contributed by atoms with van der Waals surface area (Å²) in [7, 11) is 0. The van der Waals surface area contributed by atoms with Crippen LogP contribution in [0.25, 0.3) is 0 Å². The Bertz CT molecular complexity index is 671. The number of aromatic amines is 1. The molecule has 0 aromatic carbocycles. The molecule has 2 aliphatic carbocycles. The van der Waals surface area contributed by atoms with E-state index in [9.17, 15) is 4.79 Å². The fraction of sp³-hybridized carbons (Fsp3) is 0.538. The molecule has 19 heavy (non-hydrogen) atoms. The van der Waals surface area contributed by atoms with E-state index in [1.165, 1.54) is 12.8 Å². The van der Waals surface area contributed by atoms with Gasteiger partial charge in [-0.25, -0.2) is 5.10 Å². The van der Waals surface area contributed by atoms with Gasteiger partial charge in [-0.2, -0.15) is 10.1 Å². The summed E-state index contributed by atoms with van der Waals surface area (Å²) in [5.74, 6) is 2.30. The Morgan fingerprint density at radius 1 is 1.26 bits per heavy atom. The maximum absolute atomic E-state index is 11.3. The highest BCUT2D eigenvalue weighted by atomic mass is 16.5. The summed E-state index contributed by atoms with van der Waals surface area (Å²) in [6, 6.07) is 1.63. The van der Waals surface area contributed by atoms with Crippen LogP contribution >= 0.6 is 0 Å². The minimum Gasteiger partial charge on any atom is -0.339 e. The van der Waals surface area contributed by atoms with Crippen molar-refractivity contribution in [2.24, 2.45) is 0 Å². The molecule has 0 unspecified atom stereocenters. The molecule has 0 saturated heterocycles. The predicted octanol–water partition coefficient (Wildman–Crippen LogP) is 1.30. The Morgan fingerprint density at radius 2 is 2.16 bits per heavy atom. The van der Waals surface area contributed by atoms with Crippen molar-refractivity contribution in [3.05, 3.63) is 39.4 Å². The molecule has 6 heteroatoms. The van der Waals surface area contributed by atoms with Crippen LogP contribution in [0.3, 0.4) is 0 Å². The Balaban J connectivity index is 1.61. The molecule has 2 heterocycles. The van der Waals surface area contributed by atoms with Gasteiger partial charge in [-0.3, -0.25) is 4.79 Å². The average molecular weight is 258 g/mol. The fourth-order valence-corrected chi connectivity index (χ4v) is 2.67. The van der Waals surface area contributed by atoms with Gasteiger partial charge >= 0.3 is 0 Å². The van der Waals surface area contributed by atoms with E-state index in [2.05, 4.69) is 20.3 Å². The number of aryl methyl sites for hydroxylation is 1. The number of nitrogens with zero attached hydrogens (tertiary/aromatic N) is 3. The number of hydrogen-bond acceptors (Lipinski definition) is 5. The van der Waals surface area contributed by atoms with Crippen LogP contribution < -0.4 is 5.56 Å². The Kier molecular flexibility index (Phi) is 2.30. The summed E-state index contributed by atoms with van der Waals surface area (Å²) >= 11 is 0. The third-order valence-electron chi connectivity index (χ3n) is 3.92. The molecule has 2 aliphatic rings. The Labute approximate surface area is 109 Å². The number of rotatable bonds is 2. The first-order valence-electron chi connectivity index (χ1n) is 6.70. The summed E-state index contributed by atoms with van der Waals surface area (Å²) in [5.41, 5.74) is 1.84. The van der Waals surface area contributed by atoms with Crippen LogP contribution in [0.4, 0.5) is 0 Å². The van der Waals surface area contributed by atoms with Crippen molar-refractivity contribution in [1.82, 2.24) is 20.3 Å². The zero-order valence-electron chi connectivity index (χ0n) is 10.4. The van der Waals surface area contributed by atoms with E-state index in [0.717, 1.165) is 36.3 Å². The quantitative estimate of drug-likeness (QED) is 0.877. The first-order valence-corrected chi connectivity index (χ1v) is 6.70. The average Bonchev–Trinajstić information content (AvgIpc) is 3.16. The molecule has 0 aliphatic heterocycles. The predicted molar refractivity (Wildman–Crippen MR) is 65.9 cm³/mol. The molecule has 0 spiro atoms. The molecule has 1 atom stereocenters. The molecule has 98 valence electrons. The Hall–Kier alpha value is -1.98. The maximum Gasteiger partial charge on any atom is 0.264 e. The lowest BCUT2D eigenvalue weighted by molar-refractivity contribution is 0.336. The van der Waals surface area contributed by atoms with Gasteiger partial charge in [0, 0.05) is 17.9 Å². The second-order valence-corrected chi connectivity index (χ2v) is 5.41. The molecule has 4 rings (SSSR count). The van der Waals surface area contributed by atoms with Gasteiger partial charge in [0.25, 0.3) is 5.56 Å². The van der Waals surface area contributed by atoms with Crippen LogP contribution in [-0.2, 0) is 12.8 Å². The first kappa shape index (κ1) is 10.9. The SMILES string of the molecule is O=c1cc2c(n[nH]1)CC[C@@H](c1nc(C3CC3)no1)C2. The van der Waals surface area contributed by atoms with E-state index in [1.54, 1.807) is 6.07 Å². The normalized spacial score (nSPS) is 22.2. The highest BCUT2D eigenvalue weighted by Crippen LogP contribution is 2.39. The minimum absolute atomic E-state index is 0.149. The van der Waals surface area contributed by atoms with E-state index in [1.807, 2.05) is 0 Å². The van der Waals surface area contributed by atoms with Crippen LogP contribution in [0, 0.1) is 0 Å². The molecule has 1 N–H and O–H groups in total. The second-order valence-electron chi connectivity index (χ2n) is 5.41. The van der Waals surface area contributed by atoms with Crippen molar-refractivity contribution in [3.8, 4) is 0 Å². The van der Waals surface area contributed by atoms with Gasteiger partial charge in [-0.05, 0) is 37.7 Å². The van der Waals surface area contributed by atoms with E-state index in [4.69, 9.17) is 4.52 Å². The van der Waals surface area contributed by atoms with Crippen molar-refractivity contribution in [1.29, 1.82) is 0 Å². The third-order valence-corrected chi connectivity index (χ3v) is 3.92. The van der Waals surface area contributed by atoms with Crippen LogP contribution in [0.15, 0.2) is 15.4 Å². The highest BCUT2D eigenvalue weighted by molar-refractivity contribution is 5.24. The standard InChI is InChI=1S/C13H14N4O2/c18-11-6-9-5-8(3-4-10(9)15-16-11)13-14-12(17-19-13)7-1-2-7/h6-8H,1-5H2,(H,16,18)/t8-/m1/s1. The summed E-state index contributed by atoms with van der Waals surface area (Å²) < 4.78 is 5.38. The van der Waals surface area contributed by atoms with E-state index in [-0.39, 0.29) is 11.5 Å². The van der Waals surface area contributed by atoms with Gasteiger partial charge < -0.3 is 4.52 Å². The molecule has 1 saturated carbocycles. The van der Waals surface area contributed by atoms with Crippen LogP contribution in [-0.4, -0.2) is 20.3 Å². The maximum atomic E-state index is 11.3. The van der Waals surface area contributed by atoms with Gasteiger partial charge in [-0.15, -0.1) is 0 Å². The summed E-state index contributed by atoms with van der Waals surface area (Å²) in [6.07, 6.45) is 4.90. The molecule has 0 bridgehead atoms. The smallest absolute Gasteiger partial charge is 0.264 e. The van der Waals surface area contributed by atoms with Crippen LogP contribution in [0.5, 0.6) is 0 Å². The summed E-state index contributed by atoms with van der Waals surface area (Å²) in [4.78, 5) is 15.8. The topological polar surface area (TPSA) is 84.7 Å². The van der Waals surface area contributed by atoms with Crippen molar-refractivity contribution in [3.63, 3.8) is 0 Å². The molecule has 0 amide bonds. The van der Waals surface area contributed by atoms with Crippen molar-refractivity contribution in [2.75, 3.05) is 0 Å². The van der Waals surface area contributed by atoms with Gasteiger partial charge in [0.2, 0.25) is 5.89 Å². The van der Waals surface area contributed by atoms with Crippen molar-refractivity contribution >= 4 is 0 Å². The summed E-state index contributed by atoms with van der Waals surface area (Å²) in [5, 5.41) is 10.6. The first-order chi connectivity index (χ1) is 9.29. The molecular formula is C13H14N4O2. The van der Waals surface area contributed by atoms with E-state index < -0.39 is 0 Å². The van der Waals surface area contributed by atoms with Crippen LogP contribution in [0.2, 0.25) is 0 Å². The van der Waals surface area contributed by atoms with E-state index >= 15 is 0 Å². The second kappa shape index (κ2) is 4.01. The fourth-order valence-electron chi connectivity index (χ4n) is 2.67. The van der Waals surface area contributed by atoms with Gasteiger partial charge in [0.05, 0.1) is 5.69 Å². The van der Waals surface area contributed by atoms with Crippen molar-refractivity contribution < 1.29 is 4.52 Å². The highest BCUT2D eigenvalue weighted by Gasteiger charge is 2.31. The molecule has 1 fully saturated rings. The molecule has 2 aromatic rings. The van der Waals surface area contributed by atoms with Gasteiger partial charge in [0.15, 0.2) is 5.82 Å². The zero-order chi connectivity index (χ0) is 12.8. The van der Waals surface area contributed by atoms with Crippen LogP contribution in [0.1, 0.15) is 54.1 Å². The Morgan fingerprint density at radius 3 is 3.00 bits per heavy atom. The number of H-pyrrole nitrogens is 1. The zero-order valence-corrected chi connectivity index (χ0v) is 10.4. The monoisotopic (exact) mass is 258 g/mol. The molecular weight excluding hydrogens is 244 g/mol. The lowest BCUT2D eigenvalue weighted by atomic mass is 9.87. The minimum atomic E-state index is -0.149. The largest absolute Gasteiger partial charge is 0.339 e. The van der Waals surface area contributed by atoms with E-state index in [0.29, 0.717) is 11.8 Å². The number of nitrogens with one attached hydrogen (secondary N) is 1. The van der Waals surface area contributed by atoms with Crippen molar-refractivity contribution in [2.45, 2.75) is 43.9 Å². The third kappa shape index (κ3) is 1.97. The van der Waals surface area contributed by atoms with Gasteiger partial charge in [0.1, 0.15) is 0 Å². The molecule has 2 aromatic heterocycles. The number of fused-ring (bicyclic) bond motifs is 1. The number of aromatic nitrogens is 4. The lowest BCUT2D eigenvalue weighted by Gasteiger charge is -2.19. The molecule has 6 nitrogen and oxygen atoms in total. The lowest BCUT2D eigenvalue weighted by Crippen LogP contribution is -2.19. The summed E-state index contributed by atoms with van der Waals surface area (Å²) in [6.45, 7) is 0. The number of hydrogen-bond donors (Lipinski definition) is 1.